The number of benzene rings is 1. The van der Waals surface area contributed by atoms with E-state index < -0.39 is 6.61 Å². The highest BCUT2D eigenvalue weighted by molar-refractivity contribution is 5.30. The van der Waals surface area contributed by atoms with Crippen molar-refractivity contribution in [1.29, 1.82) is 0 Å². The Bertz CT molecular complexity index is 357. The van der Waals surface area contributed by atoms with Crippen molar-refractivity contribution in [3.8, 4) is 5.75 Å². The van der Waals surface area contributed by atoms with Crippen molar-refractivity contribution in [2.24, 2.45) is 0 Å². The minimum Gasteiger partial charge on any atom is -0.435 e. The van der Waals surface area contributed by atoms with Gasteiger partial charge in [-0.15, -0.1) is 0 Å². The second-order valence-electron chi connectivity index (χ2n) is 4.13. The molecule has 0 amide bonds. The third-order valence-corrected chi connectivity index (χ3v) is 2.78. The molecule has 0 fully saturated rings. The number of hydrogen-bond acceptors (Lipinski definition) is 3. The molecule has 18 heavy (non-hydrogen) atoms. The Labute approximate surface area is 106 Å². The lowest BCUT2D eigenvalue weighted by atomic mass is 10.1. The van der Waals surface area contributed by atoms with Gasteiger partial charge in [-0.25, -0.2) is 0 Å². The molecule has 0 saturated heterocycles. The van der Waals surface area contributed by atoms with Gasteiger partial charge >= 0.3 is 6.61 Å². The Balaban J connectivity index is 2.70. The maximum Gasteiger partial charge on any atom is 0.387 e. The highest BCUT2D eigenvalue weighted by atomic mass is 19.3. The molecule has 0 aliphatic carbocycles. The fourth-order valence-electron chi connectivity index (χ4n) is 1.71. The molecule has 0 aliphatic heterocycles. The van der Waals surface area contributed by atoms with Gasteiger partial charge in [0.25, 0.3) is 0 Å². The molecule has 0 heterocycles. The van der Waals surface area contributed by atoms with Crippen LogP contribution in [-0.2, 0) is 0 Å². The summed E-state index contributed by atoms with van der Waals surface area (Å²) in [6.07, 6.45) is 0.800. The van der Waals surface area contributed by atoms with Crippen molar-refractivity contribution in [3.05, 3.63) is 29.8 Å². The Hall–Kier alpha value is -1.20. The molecule has 1 aromatic rings. The minimum absolute atomic E-state index is 0.000303. The van der Waals surface area contributed by atoms with Crippen LogP contribution in [0, 0.1) is 0 Å². The van der Waals surface area contributed by atoms with Gasteiger partial charge in [0.05, 0.1) is 6.61 Å². The molecule has 102 valence electrons. The monoisotopic (exact) mass is 259 g/mol. The highest BCUT2D eigenvalue weighted by Gasteiger charge is 2.12. The quantitative estimate of drug-likeness (QED) is 0.791. The molecule has 0 saturated carbocycles. The summed E-state index contributed by atoms with van der Waals surface area (Å²) in [5.74, 6) is 0.146. The van der Waals surface area contributed by atoms with Gasteiger partial charge in [-0.3, -0.25) is 0 Å². The number of ether oxygens (including phenoxy) is 1. The fraction of sp³-hybridized carbons (Fsp3) is 0.538. The van der Waals surface area contributed by atoms with Crippen molar-refractivity contribution < 1.29 is 18.6 Å². The Kier molecular flexibility index (Phi) is 6.01. The largest absolute Gasteiger partial charge is 0.435 e. The molecule has 0 spiro atoms. The average Bonchev–Trinajstić information content (AvgIpc) is 2.35. The number of hydrogen-bond donors (Lipinski definition) is 2. The van der Waals surface area contributed by atoms with Crippen LogP contribution in [0.2, 0.25) is 0 Å². The van der Waals surface area contributed by atoms with E-state index >= 15 is 0 Å². The van der Waals surface area contributed by atoms with Crippen LogP contribution in [0.15, 0.2) is 24.3 Å². The fourth-order valence-corrected chi connectivity index (χ4v) is 1.71. The van der Waals surface area contributed by atoms with E-state index in [1.165, 1.54) is 6.07 Å². The lowest BCUT2D eigenvalue weighted by Crippen LogP contribution is -2.33. The van der Waals surface area contributed by atoms with Crippen LogP contribution in [-0.4, -0.2) is 24.4 Å². The molecule has 1 rings (SSSR count). The summed E-state index contributed by atoms with van der Waals surface area (Å²) in [5.41, 5.74) is 0.847. The first kappa shape index (κ1) is 14.9. The van der Waals surface area contributed by atoms with Gasteiger partial charge in [0.2, 0.25) is 0 Å². The second kappa shape index (κ2) is 7.28. The summed E-state index contributed by atoms with van der Waals surface area (Å²) in [7, 11) is 0. The van der Waals surface area contributed by atoms with E-state index in [1.54, 1.807) is 12.1 Å². The van der Waals surface area contributed by atoms with Crippen LogP contribution in [0.25, 0.3) is 0 Å². The van der Waals surface area contributed by atoms with E-state index in [0.29, 0.717) is 0 Å². The van der Waals surface area contributed by atoms with Crippen LogP contribution in [0.4, 0.5) is 8.78 Å². The standard InChI is InChI=1S/C13H19F2NO2/c1-3-11(8-17)16-9(2)10-5-4-6-12(7-10)18-13(14)15/h4-7,9,11,13,16-17H,3,8H2,1-2H3. The first-order chi connectivity index (χ1) is 8.56. The zero-order valence-electron chi connectivity index (χ0n) is 10.6. The lowest BCUT2D eigenvalue weighted by molar-refractivity contribution is -0.0499. The van der Waals surface area contributed by atoms with E-state index in [2.05, 4.69) is 10.1 Å². The van der Waals surface area contributed by atoms with Gasteiger partial charge < -0.3 is 15.2 Å². The number of halogens is 2. The number of nitrogens with one attached hydrogen (secondary N) is 1. The maximum atomic E-state index is 12.1. The normalized spacial score (nSPS) is 14.6. The molecule has 0 aromatic heterocycles. The van der Waals surface area contributed by atoms with Crippen LogP contribution in [0.3, 0.4) is 0 Å². The highest BCUT2D eigenvalue weighted by Crippen LogP contribution is 2.21. The summed E-state index contributed by atoms with van der Waals surface area (Å²) in [6.45, 7) is 1.12. The SMILES string of the molecule is CCC(CO)NC(C)c1cccc(OC(F)F)c1. The summed E-state index contributed by atoms with van der Waals surface area (Å²) in [4.78, 5) is 0. The van der Waals surface area contributed by atoms with Gasteiger partial charge in [0.1, 0.15) is 5.75 Å². The summed E-state index contributed by atoms with van der Waals surface area (Å²) >= 11 is 0. The Morgan fingerprint density at radius 3 is 2.67 bits per heavy atom. The molecule has 0 bridgehead atoms. The van der Waals surface area contributed by atoms with E-state index in [1.807, 2.05) is 19.9 Å². The molecule has 0 radical (unpaired) electrons. The number of alkyl halides is 2. The summed E-state index contributed by atoms with van der Waals surface area (Å²) < 4.78 is 28.6. The van der Waals surface area contributed by atoms with E-state index in [4.69, 9.17) is 5.11 Å². The lowest BCUT2D eigenvalue weighted by Gasteiger charge is -2.21. The molecule has 5 heteroatoms. The molecular weight excluding hydrogens is 240 g/mol. The zero-order chi connectivity index (χ0) is 13.5. The second-order valence-corrected chi connectivity index (χ2v) is 4.13. The van der Waals surface area contributed by atoms with Crippen molar-refractivity contribution >= 4 is 0 Å². The molecule has 1 aromatic carbocycles. The molecular formula is C13H19F2NO2. The summed E-state index contributed by atoms with van der Waals surface area (Å²) in [5, 5.41) is 12.3. The topological polar surface area (TPSA) is 41.5 Å². The molecule has 0 aliphatic rings. The molecule has 2 unspecified atom stereocenters. The third-order valence-electron chi connectivity index (χ3n) is 2.78. The van der Waals surface area contributed by atoms with Gasteiger partial charge in [0, 0.05) is 12.1 Å². The Morgan fingerprint density at radius 2 is 2.11 bits per heavy atom. The van der Waals surface area contributed by atoms with Crippen LogP contribution in [0.5, 0.6) is 5.75 Å². The van der Waals surface area contributed by atoms with Crippen LogP contribution in [0.1, 0.15) is 31.9 Å². The van der Waals surface area contributed by atoms with Crippen molar-refractivity contribution in [2.45, 2.75) is 39.0 Å². The number of aliphatic hydroxyl groups is 1. The first-order valence-corrected chi connectivity index (χ1v) is 5.98. The average molecular weight is 259 g/mol. The first-order valence-electron chi connectivity index (χ1n) is 5.98. The van der Waals surface area contributed by atoms with Crippen molar-refractivity contribution in [1.82, 2.24) is 5.32 Å². The maximum absolute atomic E-state index is 12.1. The Morgan fingerprint density at radius 1 is 1.39 bits per heavy atom. The number of rotatable bonds is 7. The predicted molar refractivity (Wildman–Crippen MR) is 65.8 cm³/mol. The third kappa shape index (κ3) is 4.58. The summed E-state index contributed by atoms with van der Waals surface area (Å²) in [6, 6.07) is 6.54. The molecule has 3 nitrogen and oxygen atoms in total. The zero-order valence-corrected chi connectivity index (χ0v) is 10.6. The molecule has 2 N–H and O–H groups in total. The van der Waals surface area contributed by atoms with Gasteiger partial charge in [-0.1, -0.05) is 19.1 Å². The van der Waals surface area contributed by atoms with Gasteiger partial charge in [-0.2, -0.15) is 8.78 Å². The van der Waals surface area contributed by atoms with E-state index in [-0.39, 0.29) is 24.4 Å². The predicted octanol–water partition coefficient (Wildman–Crippen LogP) is 2.71. The van der Waals surface area contributed by atoms with Gasteiger partial charge in [-0.05, 0) is 31.0 Å². The van der Waals surface area contributed by atoms with Crippen molar-refractivity contribution in [2.75, 3.05) is 6.61 Å². The molecule has 2 atom stereocenters. The minimum atomic E-state index is -2.82. The van der Waals surface area contributed by atoms with Crippen LogP contribution < -0.4 is 10.1 Å². The van der Waals surface area contributed by atoms with E-state index in [9.17, 15) is 8.78 Å². The van der Waals surface area contributed by atoms with E-state index in [0.717, 1.165) is 12.0 Å². The number of aliphatic hydroxyl groups excluding tert-OH is 1. The van der Waals surface area contributed by atoms with Crippen LogP contribution >= 0.6 is 0 Å². The smallest absolute Gasteiger partial charge is 0.387 e. The van der Waals surface area contributed by atoms with Crippen molar-refractivity contribution in [3.63, 3.8) is 0 Å². The van der Waals surface area contributed by atoms with Gasteiger partial charge in [0.15, 0.2) is 0 Å².